The van der Waals surface area contributed by atoms with Crippen LogP contribution in [0, 0.1) is 77.0 Å². The molecule has 2 heterocycles. The highest BCUT2D eigenvalue weighted by Gasteiger charge is 2.77. The van der Waals surface area contributed by atoms with E-state index < -0.39 is 0 Å². The summed E-state index contributed by atoms with van der Waals surface area (Å²) in [5.41, 5.74) is 2.58. The zero-order valence-electron chi connectivity index (χ0n) is 39.9. The first-order valence-electron chi connectivity index (χ1n) is 25.0. The molecule has 6 aliphatic carbocycles. The number of ketones is 1. The number of aromatic nitrogens is 2. The maximum Gasteiger partial charge on any atom is 0.306 e. The normalized spacial score (nSPS) is 40.8. The number of H-pyrrole nitrogens is 1. The van der Waals surface area contributed by atoms with Crippen molar-refractivity contribution in [3.05, 3.63) is 39.9 Å². The Labute approximate surface area is 387 Å². The maximum absolute atomic E-state index is 15.9. The Kier molecular flexibility index (Phi) is 11.2. The Balaban J connectivity index is 0.983. The molecule has 1 saturated heterocycles. The molecule has 9 rings (SSSR count). The van der Waals surface area contributed by atoms with Crippen molar-refractivity contribution >= 4 is 40.3 Å². The number of halogens is 1. The predicted molar refractivity (Wildman–Crippen MR) is 255 cm³/mol. The minimum atomic E-state index is -0.313. The number of hydrogen-bond donors (Lipinski definition) is 1. The molecule has 2 aromatic rings. The summed E-state index contributed by atoms with van der Waals surface area (Å²) < 4.78 is 7.65. The summed E-state index contributed by atoms with van der Waals surface area (Å²) in [6.07, 6.45) is 18.5. The topological polar surface area (TPSA) is 92.4 Å². The molecule has 0 bridgehead atoms. The summed E-state index contributed by atoms with van der Waals surface area (Å²) >= 11 is 2.36. The number of nitrogens with zero attached hydrogens (tertiary/aromatic N) is 2. The third-order valence-electron chi connectivity index (χ3n) is 21.3. The smallest absolute Gasteiger partial charge is 0.306 e. The minimum absolute atomic E-state index is 0.00513. The van der Waals surface area contributed by atoms with Gasteiger partial charge in [-0.15, -0.1) is 0 Å². The molecule has 1 aliphatic heterocycles. The number of aromatic amines is 1. The number of nitrogens with one attached hydrogen (secondary N) is 1. The Morgan fingerprint density at radius 1 is 0.839 bits per heavy atom. The Morgan fingerprint density at radius 2 is 1.53 bits per heavy atom. The maximum atomic E-state index is 15.9. The van der Waals surface area contributed by atoms with Crippen LogP contribution in [0.1, 0.15) is 184 Å². The molecular weight excluding hydrogens is 882 g/mol. The van der Waals surface area contributed by atoms with Gasteiger partial charge in [0.05, 0.1) is 23.3 Å². The fourth-order valence-corrected chi connectivity index (χ4v) is 17.8. The number of carbonyl (C=O) groups is 3. The zero-order chi connectivity index (χ0) is 44.4. The van der Waals surface area contributed by atoms with Crippen LogP contribution in [-0.2, 0) is 19.1 Å². The predicted octanol–water partition coefficient (Wildman–Crippen LogP) is 13.2. The van der Waals surface area contributed by atoms with Crippen molar-refractivity contribution in [3.8, 4) is 11.3 Å². The molecule has 1 N–H and O–H groups in total. The van der Waals surface area contributed by atoms with Gasteiger partial charge < -0.3 is 14.6 Å². The molecule has 0 radical (unpaired) electrons. The van der Waals surface area contributed by atoms with Crippen molar-refractivity contribution in [1.29, 1.82) is 0 Å². The van der Waals surface area contributed by atoms with E-state index in [4.69, 9.17) is 9.72 Å². The molecule has 340 valence electrons. The number of esters is 1. The number of ether oxygens (including phenoxy) is 1. The van der Waals surface area contributed by atoms with Crippen molar-refractivity contribution in [2.75, 3.05) is 6.54 Å². The number of fused-ring (bicyclic) bond motifs is 7. The van der Waals surface area contributed by atoms with E-state index in [2.05, 4.69) is 119 Å². The van der Waals surface area contributed by atoms with Crippen LogP contribution in [0.25, 0.3) is 11.3 Å². The molecule has 62 heavy (non-hydrogen) atoms. The lowest BCUT2D eigenvalue weighted by Crippen LogP contribution is -2.71. The molecule has 1 amide bonds. The van der Waals surface area contributed by atoms with Crippen LogP contribution >= 0.6 is 22.6 Å². The van der Waals surface area contributed by atoms with Gasteiger partial charge >= 0.3 is 5.97 Å². The van der Waals surface area contributed by atoms with Gasteiger partial charge in [0.25, 0.3) is 0 Å². The van der Waals surface area contributed by atoms with Gasteiger partial charge in [-0.25, -0.2) is 4.98 Å². The molecular formula is C54H78IN3O4. The van der Waals surface area contributed by atoms with Gasteiger partial charge in [0.1, 0.15) is 17.7 Å². The van der Waals surface area contributed by atoms with Crippen LogP contribution < -0.4 is 0 Å². The summed E-state index contributed by atoms with van der Waals surface area (Å²) in [4.78, 5) is 52.6. The molecule has 12 atom stereocenters. The Morgan fingerprint density at radius 3 is 2.21 bits per heavy atom. The van der Waals surface area contributed by atoms with Gasteiger partial charge in [-0.1, -0.05) is 74.4 Å². The fraction of sp³-hybridized carbons (Fsp3) is 0.778. The standard InChI is InChI=1S/C54H78IN3O4/c1-33(2)37(34(3)59)17-18-44(60)62-43-22-23-50(7)41(48(43,4)5)20-24-51(8)42(50)21-25-52(9)45-38(49(6)27-28-49)19-26-54(45,30-29-53(51,52)10)47(61)58-31-11-12-40(58)46-56-32-39(57-46)35-13-15-36(55)16-14-35/h13-16,32-33,37-38,40-43,45H,11-12,17-31H2,1-10H3,(H,56,57)/t37?,38?,40?,41?,42-,43+,45-,50+,51-,52?,53+,54+/m1/s1. The van der Waals surface area contributed by atoms with E-state index in [0.29, 0.717) is 47.8 Å². The molecule has 7 aliphatic rings. The van der Waals surface area contributed by atoms with E-state index >= 15 is 4.79 Å². The van der Waals surface area contributed by atoms with Crippen molar-refractivity contribution < 1.29 is 19.1 Å². The van der Waals surface area contributed by atoms with E-state index in [1.54, 1.807) is 6.92 Å². The number of likely N-dealkylation sites (tertiary alicyclic amines) is 1. The Hall–Kier alpha value is -2.23. The second kappa shape index (κ2) is 15.4. The SMILES string of the molecule is CC(=O)C(CCC(=O)O[C@H]1CC[C@@]2(C)C(CC[C@]3(C)[C@@H]2CCC2(C)[C@H]4C(C5(C)CC5)CC[C@]4(C(=O)N4CCCC4c4ncc(-c5ccc(I)cc5)[nH]4)CC[C@]23C)C1(C)C)C(C)C. The molecule has 0 spiro atoms. The summed E-state index contributed by atoms with van der Waals surface area (Å²) in [5.74, 6) is 3.62. The average Bonchev–Trinajstić information content (AvgIpc) is 3.59. The number of Topliss-reactive ketones (excluding diaryl/α,β-unsaturated/α-hetero) is 1. The lowest BCUT2D eigenvalue weighted by atomic mass is 9.28. The third-order valence-corrected chi connectivity index (χ3v) is 22.0. The van der Waals surface area contributed by atoms with E-state index in [0.717, 1.165) is 75.0 Å². The summed E-state index contributed by atoms with van der Waals surface area (Å²) in [7, 11) is 0. The van der Waals surface area contributed by atoms with Crippen molar-refractivity contribution in [3.63, 3.8) is 0 Å². The second-order valence-electron chi connectivity index (χ2n) is 24.5. The first-order chi connectivity index (χ1) is 29.1. The van der Waals surface area contributed by atoms with E-state index in [1.807, 2.05) is 6.20 Å². The van der Waals surface area contributed by atoms with Gasteiger partial charge in [-0.3, -0.25) is 14.4 Å². The quantitative estimate of drug-likeness (QED) is 0.189. The summed E-state index contributed by atoms with van der Waals surface area (Å²) in [6.45, 7) is 24.8. The number of amides is 1. The van der Waals surface area contributed by atoms with E-state index in [1.165, 1.54) is 42.1 Å². The van der Waals surface area contributed by atoms with Crippen molar-refractivity contribution in [2.24, 2.45) is 73.4 Å². The van der Waals surface area contributed by atoms with Crippen molar-refractivity contribution in [1.82, 2.24) is 14.9 Å². The highest BCUT2D eigenvalue weighted by molar-refractivity contribution is 14.1. The van der Waals surface area contributed by atoms with Crippen molar-refractivity contribution in [2.45, 2.75) is 184 Å². The minimum Gasteiger partial charge on any atom is -0.462 e. The third kappa shape index (κ3) is 6.61. The highest BCUT2D eigenvalue weighted by Crippen LogP contribution is 2.83. The van der Waals surface area contributed by atoms with E-state index in [9.17, 15) is 9.59 Å². The van der Waals surface area contributed by atoms with Crippen LogP contribution in [-0.4, -0.2) is 45.2 Å². The van der Waals surface area contributed by atoms with Crippen LogP contribution in [0.5, 0.6) is 0 Å². The lowest BCUT2D eigenvalue weighted by molar-refractivity contribution is -0.279. The molecule has 5 unspecified atom stereocenters. The number of imidazole rings is 1. The van der Waals surface area contributed by atoms with Gasteiger partial charge in [0, 0.05) is 27.9 Å². The molecule has 6 saturated carbocycles. The van der Waals surface area contributed by atoms with Crippen LogP contribution in [0.4, 0.5) is 0 Å². The van der Waals surface area contributed by atoms with Gasteiger partial charge in [0.15, 0.2) is 0 Å². The molecule has 1 aromatic heterocycles. The van der Waals surface area contributed by atoms with E-state index in [-0.39, 0.29) is 68.2 Å². The number of hydrogen-bond acceptors (Lipinski definition) is 5. The van der Waals surface area contributed by atoms with Crippen LogP contribution in [0.3, 0.4) is 0 Å². The molecule has 1 aromatic carbocycles. The largest absolute Gasteiger partial charge is 0.462 e. The molecule has 7 nitrogen and oxygen atoms in total. The first-order valence-corrected chi connectivity index (χ1v) is 26.0. The zero-order valence-corrected chi connectivity index (χ0v) is 42.1. The molecule has 7 fully saturated rings. The fourth-order valence-electron chi connectivity index (χ4n) is 17.4. The van der Waals surface area contributed by atoms with Crippen LogP contribution in [0.15, 0.2) is 30.5 Å². The number of rotatable bonds is 10. The van der Waals surface area contributed by atoms with Gasteiger partial charge in [-0.2, -0.15) is 0 Å². The van der Waals surface area contributed by atoms with Crippen LogP contribution in [0.2, 0.25) is 0 Å². The Bertz CT molecular complexity index is 2070. The lowest BCUT2D eigenvalue weighted by Gasteiger charge is -2.76. The number of carbonyl (C=O) groups excluding carboxylic acids is 3. The summed E-state index contributed by atoms with van der Waals surface area (Å²) in [6, 6.07) is 8.61. The highest BCUT2D eigenvalue weighted by atomic mass is 127. The second-order valence-corrected chi connectivity index (χ2v) is 25.7. The van der Waals surface area contributed by atoms with Gasteiger partial charge in [-0.05, 0) is 200 Å². The summed E-state index contributed by atoms with van der Waals surface area (Å²) in [5, 5.41) is 0. The first kappa shape index (κ1) is 44.9. The average molecular weight is 960 g/mol. The molecule has 8 heteroatoms. The number of benzene rings is 1. The van der Waals surface area contributed by atoms with Gasteiger partial charge in [0.2, 0.25) is 5.91 Å². The monoisotopic (exact) mass is 960 g/mol.